The molecular formula is C20H30O5Si. The molecule has 0 aromatic carbocycles. The van der Waals surface area contributed by atoms with Gasteiger partial charge < -0.3 is 19.3 Å². The van der Waals surface area contributed by atoms with Gasteiger partial charge in [-0.2, -0.15) is 0 Å². The third kappa shape index (κ3) is 6.10. The molecule has 144 valence electrons. The Hall–Kier alpha value is -1.39. The van der Waals surface area contributed by atoms with E-state index in [9.17, 15) is 9.90 Å². The summed E-state index contributed by atoms with van der Waals surface area (Å²) in [5.41, 5.74) is 2.45. The van der Waals surface area contributed by atoms with Crippen molar-refractivity contribution in [1.29, 1.82) is 0 Å². The molecule has 4 atom stereocenters. The first-order valence-corrected chi connectivity index (χ1v) is 12.5. The van der Waals surface area contributed by atoms with Crippen molar-refractivity contribution in [1.82, 2.24) is 0 Å². The van der Waals surface area contributed by atoms with Gasteiger partial charge in [0.15, 0.2) is 5.79 Å². The van der Waals surface area contributed by atoms with Gasteiger partial charge in [-0.05, 0) is 26.8 Å². The molecule has 0 radical (unpaired) electrons. The highest BCUT2D eigenvalue weighted by atomic mass is 28.3. The number of esters is 1. The molecule has 0 aliphatic carbocycles. The van der Waals surface area contributed by atoms with Crippen molar-refractivity contribution in [2.75, 3.05) is 0 Å². The highest BCUT2D eigenvalue weighted by Crippen LogP contribution is 2.39. The zero-order valence-electron chi connectivity index (χ0n) is 16.5. The lowest BCUT2D eigenvalue weighted by atomic mass is 9.93. The van der Waals surface area contributed by atoms with Crippen LogP contribution in [0.4, 0.5) is 0 Å². The van der Waals surface area contributed by atoms with Crippen molar-refractivity contribution in [2.24, 2.45) is 0 Å². The summed E-state index contributed by atoms with van der Waals surface area (Å²) in [6, 6.07) is 0. The van der Waals surface area contributed by atoms with E-state index >= 15 is 0 Å². The summed E-state index contributed by atoms with van der Waals surface area (Å²) in [6.45, 7) is 12.0. The molecule has 2 rings (SSSR count). The van der Waals surface area contributed by atoms with Crippen LogP contribution in [0.1, 0.15) is 33.6 Å². The van der Waals surface area contributed by atoms with Crippen molar-refractivity contribution in [2.45, 2.75) is 83.0 Å². The minimum Gasteiger partial charge on any atom is -0.455 e. The van der Waals surface area contributed by atoms with E-state index in [1.54, 1.807) is 6.08 Å². The van der Waals surface area contributed by atoms with E-state index in [-0.39, 0.29) is 18.2 Å². The molecule has 0 aromatic heterocycles. The third-order valence-corrected chi connectivity index (χ3v) is 5.01. The number of ether oxygens (including phenoxy) is 3. The van der Waals surface area contributed by atoms with Gasteiger partial charge in [0.25, 0.3) is 0 Å². The molecule has 5 nitrogen and oxygen atoms in total. The lowest BCUT2D eigenvalue weighted by molar-refractivity contribution is -0.154. The van der Waals surface area contributed by atoms with Crippen LogP contribution in [0, 0.1) is 11.5 Å². The molecule has 0 amide bonds. The van der Waals surface area contributed by atoms with Crippen molar-refractivity contribution in [3.05, 3.63) is 24.3 Å². The predicted molar refractivity (Wildman–Crippen MR) is 103 cm³/mol. The summed E-state index contributed by atoms with van der Waals surface area (Å²) in [4.78, 5) is 11.4. The molecule has 26 heavy (non-hydrogen) atoms. The predicted octanol–water partition coefficient (Wildman–Crippen LogP) is 2.96. The molecule has 1 saturated heterocycles. The largest absolute Gasteiger partial charge is 0.455 e. The second-order valence-electron chi connectivity index (χ2n) is 8.54. The molecule has 0 saturated carbocycles. The number of cyclic esters (lactones) is 1. The van der Waals surface area contributed by atoms with Crippen LogP contribution in [0.2, 0.25) is 19.6 Å². The first-order valence-electron chi connectivity index (χ1n) is 9.04. The summed E-state index contributed by atoms with van der Waals surface area (Å²) < 4.78 is 17.4. The highest BCUT2D eigenvalue weighted by molar-refractivity contribution is 6.83. The van der Waals surface area contributed by atoms with Gasteiger partial charge in [0.1, 0.15) is 25.9 Å². The summed E-state index contributed by atoms with van der Waals surface area (Å²) in [5, 5.41) is 10.3. The smallest absolute Gasteiger partial charge is 0.331 e. The van der Waals surface area contributed by atoms with Crippen LogP contribution >= 0.6 is 0 Å². The van der Waals surface area contributed by atoms with Gasteiger partial charge in [-0.3, -0.25) is 0 Å². The van der Waals surface area contributed by atoms with Gasteiger partial charge in [0.05, 0.1) is 6.10 Å². The van der Waals surface area contributed by atoms with Gasteiger partial charge in [0, 0.05) is 18.9 Å². The van der Waals surface area contributed by atoms with E-state index < -0.39 is 25.6 Å². The zero-order valence-corrected chi connectivity index (χ0v) is 17.5. The van der Waals surface area contributed by atoms with E-state index in [2.05, 4.69) is 31.1 Å². The lowest BCUT2D eigenvalue weighted by Gasteiger charge is -2.27. The van der Waals surface area contributed by atoms with Crippen LogP contribution in [-0.4, -0.2) is 48.8 Å². The van der Waals surface area contributed by atoms with Crippen molar-refractivity contribution in [3.8, 4) is 11.5 Å². The van der Waals surface area contributed by atoms with Gasteiger partial charge in [-0.1, -0.05) is 37.7 Å². The lowest BCUT2D eigenvalue weighted by Crippen LogP contribution is -2.37. The molecule has 0 spiro atoms. The topological polar surface area (TPSA) is 65.0 Å². The Labute approximate surface area is 157 Å². The third-order valence-electron chi connectivity index (χ3n) is 4.11. The summed E-state index contributed by atoms with van der Waals surface area (Å²) in [5.74, 6) is 1.85. The average molecular weight is 379 g/mol. The molecule has 0 unspecified atom stereocenters. The minimum atomic E-state index is -1.55. The summed E-state index contributed by atoms with van der Waals surface area (Å²) in [6.07, 6.45) is 6.49. The van der Waals surface area contributed by atoms with Crippen LogP contribution in [0.15, 0.2) is 24.3 Å². The Balaban J connectivity index is 2.11. The molecule has 2 aliphatic heterocycles. The van der Waals surface area contributed by atoms with E-state index in [1.807, 2.05) is 32.9 Å². The van der Waals surface area contributed by atoms with Crippen LogP contribution in [0.5, 0.6) is 0 Å². The standard InChI is InChI=1S/C20H30O5Si/c1-19(2)24-17(14-15(21)11-13-26(4,5)6)20(3,25-19)12-10-16-8-7-9-18(22)23-16/h7,9-10,12,15-17,21H,8,14H2,1-6H3/t15-,16+,17+,20-/m0/s1. The van der Waals surface area contributed by atoms with Gasteiger partial charge in [-0.25, -0.2) is 4.79 Å². The molecule has 6 heteroatoms. The maximum atomic E-state index is 11.4. The molecule has 2 aliphatic rings. The second-order valence-corrected chi connectivity index (χ2v) is 13.3. The number of carbonyl (C=O) groups excluding carboxylic acids is 1. The Kier molecular flexibility index (Phi) is 6.19. The summed E-state index contributed by atoms with van der Waals surface area (Å²) in [7, 11) is -1.55. The second kappa shape index (κ2) is 7.69. The maximum absolute atomic E-state index is 11.4. The normalized spacial score (nSPS) is 32.2. The Morgan fingerprint density at radius 1 is 1.38 bits per heavy atom. The van der Waals surface area contributed by atoms with Crippen molar-refractivity contribution < 1.29 is 24.1 Å². The average Bonchev–Trinajstić information content (AvgIpc) is 2.72. The molecule has 0 aromatic rings. The summed E-state index contributed by atoms with van der Waals surface area (Å²) >= 11 is 0. The van der Waals surface area contributed by atoms with Crippen LogP contribution in [0.25, 0.3) is 0 Å². The zero-order chi connectivity index (χ0) is 19.6. The fourth-order valence-corrected chi connectivity index (χ4v) is 3.61. The Morgan fingerprint density at radius 2 is 2.08 bits per heavy atom. The minimum absolute atomic E-state index is 0.311. The highest BCUT2D eigenvalue weighted by Gasteiger charge is 2.49. The monoisotopic (exact) mass is 378 g/mol. The molecule has 1 N–H and O–H groups in total. The SMILES string of the molecule is CC1(C)O[C@H](C[C@@H](O)C#C[Si](C)(C)C)[C@](C)(C=C[C@H]2CC=CC(=O)O2)O1. The Bertz CT molecular complexity index is 649. The van der Waals surface area contributed by atoms with E-state index in [1.165, 1.54) is 6.08 Å². The first-order chi connectivity index (χ1) is 11.9. The van der Waals surface area contributed by atoms with E-state index in [0.717, 1.165) is 0 Å². The van der Waals surface area contributed by atoms with Crippen LogP contribution in [0.3, 0.4) is 0 Å². The first kappa shape index (κ1) is 20.9. The number of hydrogen-bond acceptors (Lipinski definition) is 5. The fourth-order valence-electron chi connectivity index (χ4n) is 3.02. The van der Waals surface area contributed by atoms with Gasteiger partial charge >= 0.3 is 5.97 Å². The van der Waals surface area contributed by atoms with Crippen molar-refractivity contribution in [3.63, 3.8) is 0 Å². The van der Waals surface area contributed by atoms with Gasteiger partial charge in [0.2, 0.25) is 0 Å². The maximum Gasteiger partial charge on any atom is 0.331 e. The fraction of sp³-hybridized carbons (Fsp3) is 0.650. The Morgan fingerprint density at radius 3 is 2.69 bits per heavy atom. The quantitative estimate of drug-likeness (QED) is 0.353. The van der Waals surface area contributed by atoms with E-state index in [4.69, 9.17) is 14.2 Å². The molecule has 0 bridgehead atoms. The number of hydrogen-bond donors (Lipinski definition) is 1. The molecular weight excluding hydrogens is 348 g/mol. The number of aliphatic hydroxyl groups excluding tert-OH is 1. The number of aliphatic hydroxyl groups is 1. The van der Waals surface area contributed by atoms with Crippen LogP contribution < -0.4 is 0 Å². The van der Waals surface area contributed by atoms with Gasteiger partial charge in [-0.15, -0.1) is 5.54 Å². The molecule has 1 fully saturated rings. The number of rotatable bonds is 4. The van der Waals surface area contributed by atoms with Crippen molar-refractivity contribution >= 4 is 14.0 Å². The van der Waals surface area contributed by atoms with E-state index in [0.29, 0.717) is 12.8 Å². The van der Waals surface area contributed by atoms with Crippen LogP contribution in [-0.2, 0) is 19.0 Å². The number of carbonyl (C=O) groups is 1. The molecule has 2 heterocycles.